The van der Waals surface area contributed by atoms with Crippen molar-refractivity contribution in [3.05, 3.63) is 46.5 Å². The second-order valence-corrected chi connectivity index (χ2v) is 7.65. The van der Waals surface area contributed by atoms with Gasteiger partial charge in [0.25, 0.3) is 11.6 Å². The van der Waals surface area contributed by atoms with Crippen molar-refractivity contribution in [2.75, 3.05) is 32.2 Å². The van der Waals surface area contributed by atoms with Gasteiger partial charge in [-0.1, -0.05) is 12.1 Å². The predicted molar refractivity (Wildman–Crippen MR) is 116 cm³/mol. The van der Waals surface area contributed by atoms with Gasteiger partial charge in [0.2, 0.25) is 5.82 Å². The summed E-state index contributed by atoms with van der Waals surface area (Å²) in [5, 5.41) is 15.8. The number of piperidine rings is 1. The van der Waals surface area contributed by atoms with Crippen LogP contribution in [0.2, 0.25) is 0 Å². The number of anilines is 1. The molecular weight excluding hydrogens is 400 g/mol. The molecule has 2 heterocycles. The van der Waals surface area contributed by atoms with Gasteiger partial charge in [0, 0.05) is 30.3 Å². The zero-order valence-corrected chi connectivity index (χ0v) is 17.7. The molecular formula is C22H24N4O5. The Kier molecular flexibility index (Phi) is 5.75. The first-order valence-corrected chi connectivity index (χ1v) is 10.1. The first-order chi connectivity index (χ1) is 15.0. The molecule has 1 aromatic heterocycles. The summed E-state index contributed by atoms with van der Waals surface area (Å²) >= 11 is 0. The summed E-state index contributed by atoms with van der Waals surface area (Å²) in [6.45, 7) is 3.79. The lowest BCUT2D eigenvalue weighted by Crippen LogP contribution is -2.34. The summed E-state index contributed by atoms with van der Waals surface area (Å²) in [5.41, 5.74) is 1.85. The molecule has 0 radical (unpaired) electrons. The van der Waals surface area contributed by atoms with Crippen LogP contribution < -0.4 is 14.4 Å². The SMILES string of the molecule is COc1ccc(-c2noc(-c3ccc(N4CCC[C@H](C)C4)c([N+](=O)[O-])c3)n2)cc1OC. The second-order valence-electron chi connectivity index (χ2n) is 7.65. The molecule has 0 bridgehead atoms. The van der Waals surface area contributed by atoms with Crippen LogP contribution >= 0.6 is 0 Å². The van der Waals surface area contributed by atoms with Gasteiger partial charge in [-0.3, -0.25) is 10.1 Å². The number of hydrogen-bond donors (Lipinski definition) is 0. The maximum atomic E-state index is 11.8. The van der Waals surface area contributed by atoms with E-state index in [-0.39, 0.29) is 16.5 Å². The first kappa shape index (κ1) is 20.6. The maximum Gasteiger partial charge on any atom is 0.293 e. The summed E-state index contributed by atoms with van der Waals surface area (Å²) in [6, 6.07) is 10.3. The summed E-state index contributed by atoms with van der Waals surface area (Å²) in [5.74, 6) is 2.21. The lowest BCUT2D eigenvalue weighted by Gasteiger charge is -2.32. The topological polar surface area (TPSA) is 104 Å². The third-order valence-corrected chi connectivity index (χ3v) is 5.48. The molecule has 1 aliphatic rings. The Labute approximate surface area is 179 Å². The van der Waals surface area contributed by atoms with Crippen LogP contribution in [0.15, 0.2) is 40.9 Å². The highest BCUT2D eigenvalue weighted by atomic mass is 16.6. The van der Waals surface area contributed by atoms with E-state index in [0.29, 0.717) is 40.1 Å². The number of aromatic nitrogens is 2. The van der Waals surface area contributed by atoms with E-state index in [2.05, 4.69) is 22.0 Å². The van der Waals surface area contributed by atoms with Gasteiger partial charge in [-0.25, -0.2) is 0 Å². The lowest BCUT2D eigenvalue weighted by atomic mass is 9.99. The Morgan fingerprint density at radius 2 is 1.90 bits per heavy atom. The number of nitrogens with zero attached hydrogens (tertiary/aromatic N) is 4. The van der Waals surface area contributed by atoms with Gasteiger partial charge in [0.15, 0.2) is 11.5 Å². The second kappa shape index (κ2) is 8.63. The van der Waals surface area contributed by atoms with Crippen LogP contribution in [0, 0.1) is 16.0 Å². The van der Waals surface area contributed by atoms with E-state index >= 15 is 0 Å². The minimum absolute atomic E-state index is 0.0393. The average Bonchev–Trinajstić information content (AvgIpc) is 3.28. The number of ether oxygens (including phenoxy) is 2. The molecule has 0 amide bonds. The number of hydrogen-bond acceptors (Lipinski definition) is 8. The number of rotatable bonds is 6. The van der Waals surface area contributed by atoms with E-state index in [1.165, 1.54) is 6.07 Å². The van der Waals surface area contributed by atoms with Crippen molar-refractivity contribution in [3.63, 3.8) is 0 Å². The van der Waals surface area contributed by atoms with Crippen molar-refractivity contribution in [2.45, 2.75) is 19.8 Å². The van der Waals surface area contributed by atoms with Crippen LogP contribution in [0.3, 0.4) is 0 Å². The van der Waals surface area contributed by atoms with Gasteiger partial charge in [-0.15, -0.1) is 0 Å². The monoisotopic (exact) mass is 424 g/mol. The summed E-state index contributed by atoms with van der Waals surface area (Å²) in [7, 11) is 3.11. The Balaban J connectivity index is 1.66. The van der Waals surface area contributed by atoms with E-state index in [9.17, 15) is 10.1 Å². The summed E-state index contributed by atoms with van der Waals surface area (Å²) < 4.78 is 16.0. The van der Waals surface area contributed by atoms with Gasteiger partial charge < -0.3 is 18.9 Å². The van der Waals surface area contributed by atoms with E-state index in [4.69, 9.17) is 14.0 Å². The van der Waals surface area contributed by atoms with Crippen LogP contribution in [-0.2, 0) is 0 Å². The molecule has 9 nitrogen and oxygen atoms in total. The fraction of sp³-hybridized carbons (Fsp3) is 0.364. The van der Waals surface area contributed by atoms with Crippen molar-refractivity contribution in [1.29, 1.82) is 0 Å². The fourth-order valence-corrected chi connectivity index (χ4v) is 3.91. The molecule has 9 heteroatoms. The molecule has 0 N–H and O–H groups in total. The molecule has 31 heavy (non-hydrogen) atoms. The molecule has 0 saturated carbocycles. The molecule has 3 aromatic rings. The van der Waals surface area contributed by atoms with Crippen LogP contribution in [0.5, 0.6) is 11.5 Å². The molecule has 1 saturated heterocycles. The highest BCUT2D eigenvalue weighted by Gasteiger charge is 2.25. The molecule has 4 rings (SSSR count). The number of benzene rings is 2. The Morgan fingerprint density at radius 3 is 2.61 bits per heavy atom. The maximum absolute atomic E-state index is 11.8. The zero-order valence-electron chi connectivity index (χ0n) is 17.7. The standard InChI is InChI=1S/C22H24N4O5/c1-14-5-4-10-25(13-14)17-8-6-16(11-18(17)26(27)28)22-23-21(24-31-22)15-7-9-19(29-2)20(12-15)30-3/h6-9,11-12,14H,4-5,10,13H2,1-3H3/t14-/m0/s1. The zero-order chi connectivity index (χ0) is 22.0. The minimum atomic E-state index is -0.357. The third-order valence-electron chi connectivity index (χ3n) is 5.48. The Hall–Kier alpha value is -3.62. The molecule has 0 spiro atoms. The van der Waals surface area contributed by atoms with Gasteiger partial charge in [0.1, 0.15) is 5.69 Å². The lowest BCUT2D eigenvalue weighted by molar-refractivity contribution is -0.384. The molecule has 1 fully saturated rings. The van der Waals surface area contributed by atoms with Crippen LogP contribution in [0.1, 0.15) is 19.8 Å². The minimum Gasteiger partial charge on any atom is -0.493 e. The largest absolute Gasteiger partial charge is 0.493 e. The summed E-state index contributed by atoms with van der Waals surface area (Å²) in [4.78, 5) is 17.9. The van der Waals surface area contributed by atoms with E-state index < -0.39 is 0 Å². The normalized spacial score (nSPS) is 16.2. The number of methoxy groups -OCH3 is 2. The van der Waals surface area contributed by atoms with E-state index in [1.54, 1.807) is 44.6 Å². The van der Waals surface area contributed by atoms with E-state index in [0.717, 1.165) is 25.9 Å². The predicted octanol–water partition coefficient (Wildman–Crippen LogP) is 4.57. The fourth-order valence-electron chi connectivity index (χ4n) is 3.91. The van der Waals surface area contributed by atoms with Gasteiger partial charge in [-0.2, -0.15) is 4.98 Å². The Bertz CT molecular complexity index is 1100. The molecule has 2 aromatic carbocycles. The summed E-state index contributed by atoms with van der Waals surface area (Å²) in [6.07, 6.45) is 2.17. The third kappa shape index (κ3) is 4.16. The van der Waals surface area contributed by atoms with Gasteiger partial charge in [-0.05, 0) is 49.1 Å². The van der Waals surface area contributed by atoms with Gasteiger partial charge >= 0.3 is 0 Å². The quantitative estimate of drug-likeness (QED) is 0.419. The molecule has 1 aliphatic heterocycles. The van der Waals surface area contributed by atoms with Crippen molar-refractivity contribution in [1.82, 2.24) is 10.1 Å². The first-order valence-electron chi connectivity index (χ1n) is 10.1. The average molecular weight is 424 g/mol. The highest BCUT2D eigenvalue weighted by molar-refractivity contribution is 5.72. The molecule has 162 valence electrons. The van der Waals surface area contributed by atoms with Crippen molar-refractivity contribution in [2.24, 2.45) is 5.92 Å². The van der Waals surface area contributed by atoms with Crippen LogP contribution in [0.4, 0.5) is 11.4 Å². The van der Waals surface area contributed by atoms with Crippen molar-refractivity contribution in [3.8, 4) is 34.3 Å². The number of nitro benzene ring substituents is 1. The van der Waals surface area contributed by atoms with E-state index in [1.807, 2.05) is 0 Å². The van der Waals surface area contributed by atoms with Crippen LogP contribution in [-0.4, -0.2) is 42.4 Å². The molecule has 0 unspecified atom stereocenters. The van der Waals surface area contributed by atoms with Crippen molar-refractivity contribution >= 4 is 11.4 Å². The van der Waals surface area contributed by atoms with Crippen molar-refractivity contribution < 1.29 is 18.9 Å². The highest BCUT2D eigenvalue weighted by Crippen LogP contribution is 2.36. The number of nitro groups is 1. The molecule has 0 aliphatic carbocycles. The smallest absolute Gasteiger partial charge is 0.293 e. The van der Waals surface area contributed by atoms with Crippen LogP contribution in [0.25, 0.3) is 22.8 Å². The molecule has 1 atom stereocenters. The van der Waals surface area contributed by atoms with Gasteiger partial charge in [0.05, 0.1) is 19.1 Å². The Morgan fingerprint density at radius 1 is 1.13 bits per heavy atom.